The third-order valence-electron chi connectivity index (χ3n) is 2.77. The van der Waals surface area contributed by atoms with Gasteiger partial charge in [-0.1, -0.05) is 13.8 Å². The predicted octanol–water partition coefficient (Wildman–Crippen LogP) is 3.63. The van der Waals surface area contributed by atoms with Gasteiger partial charge in [-0.15, -0.1) is 0 Å². The molecule has 0 radical (unpaired) electrons. The molecule has 0 fully saturated rings. The summed E-state index contributed by atoms with van der Waals surface area (Å²) in [6.07, 6.45) is 0. The smallest absolute Gasteiger partial charge is 0.262 e. The Labute approximate surface area is 136 Å². The van der Waals surface area contributed by atoms with Crippen molar-refractivity contribution in [1.29, 1.82) is 0 Å². The van der Waals surface area contributed by atoms with E-state index in [0.717, 1.165) is 12.1 Å². The Morgan fingerprint density at radius 2 is 2.00 bits per heavy atom. The maximum atomic E-state index is 14.0. The molecule has 1 amide bonds. The van der Waals surface area contributed by atoms with E-state index in [1.54, 1.807) is 6.92 Å². The fourth-order valence-electron chi connectivity index (χ4n) is 1.85. The molecule has 4 nitrogen and oxygen atoms in total. The molecule has 8 heteroatoms. The average molecular weight is 401 g/mol. The molecule has 21 heavy (non-hydrogen) atoms. The van der Waals surface area contributed by atoms with Crippen LogP contribution in [0.15, 0.2) is 21.5 Å². The van der Waals surface area contributed by atoms with E-state index in [2.05, 4.69) is 15.9 Å². The average Bonchev–Trinajstić information content (AvgIpc) is 2.33. The molecule has 0 aliphatic rings. The van der Waals surface area contributed by atoms with E-state index >= 15 is 0 Å². The number of carbonyl (C=O) groups excluding carboxylic acids is 1. The molecule has 0 bridgehead atoms. The van der Waals surface area contributed by atoms with Crippen molar-refractivity contribution in [2.45, 2.75) is 25.7 Å². The molecule has 1 aromatic rings. The minimum atomic E-state index is -4.07. The van der Waals surface area contributed by atoms with Gasteiger partial charge in [-0.3, -0.25) is 4.79 Å². The molecule has 118 valence electrons. The van der Waals surface area contributed by atoms with E-state index in [1.807, 2.05) is 13.8 Å². The van der Waals surface area contributed by atoms with Crippen molar-refractivity contribution in [2.75, 3.05) is 13.1 Å². The SMILES string of the molecule is CCN(CC(C)C)C(=O)c1cc(S(=O)(=O)Cl)c(Br)cc1F. The van der Waals surface area contributed by atoms with Gasteiger partial charge in [-0.25, -0.2) is 12.8 Å². The lowest BCUT2D eigenvalue weighted by molar-refractivity contribution is 0.0740. The second kappa shape index (κ2) is 7.07. The van der Waals surface area contributed by atoms with Gasteiger partial charge in [0, 0.05) is 28.2 Å². The molecule has 0 saturated heterocycles. The van der Waals surface area contributed by atoms with Crippen molar-refractivity contribution in [3.05, 3.63) is 28.0 Å². The molecule has 1 rings (SSSR count). The summed E-state index contributed by atoms with van der Waals surface area (Å²) in [6, 6.07) is 1.90. The number of halogens is 3. The van der Waals surface area contributed by atoms with Crippen molar-refractivity contribution in [3.63, 3.8) is 0 Å². The Kier molecular flexibility index (Phi) is 6.19. The lowest BCUT2D eigenvalue weighted by Crippen LogP contribution is -2.34. The van der Waals surface area contributed by atoms with Crippen LogP contribution in [0.4, 0.5) is 4.39 Å². The maximum Gasteiger partial charge on any atom is 0.262 e. The Hall–Kier alpha value is -0.660. The van der Waals surface area contributed by atoms with E-state index in [-0.39, 0.29) is 20.8 Å². The molecular formula is C13H16BrClFNO3S. The van der Waals surface area contributed by atoms with Crippen molar-refractivity contribution >= 4 is 41.6 Å². The van der Waals surface area contributed by atoms with E-state index in [4.69, 9.17) is 10.7 Å². The molecule has 1 aromatic carbocycles. The van der Waals surface area contributed by atoms with Crippen LogP contribution in [0.1, 0.15) is 31.1 Å². The monoisotopic (exact) mass is 399 g/mol. The van der Waals surface area contributed by atoms with Gasteiger partial charge >= 0.3 is 0 Å². The van der Waals surface area contributed by atoms with Crippen LogP contribution in [-0.4, -0.2) is 32.3 Å². The van der Waals surface area contributed by atoms with Crippen LogP contribution < -0.4 is 0 Å². The topological polar surface area (TPSA) is 54.5 Å². The second-order valence-electron chi connectivity index (χ2n) is 4.94. The van der Waals surface area contributed by atoms with Gasteiger partial charge in [-0.05, 0) is 40.9 Å². The number of nitrogens with zero attached hydrogens (tertiary/aromatic N) is 1. The predicted molar refractivity (Wildman–Crippen MR) is 83.6 cm³/mol. The summed E-state index contributed by atoms with van der Waals surface area (Å²) in [5.74, 6) is -1.14. The van der Waals surface area contributed by atoms with Crippen molar-refractivity contribution in [3.8, 4) is 0 Å². The standard InChI is InChI=1S/C13H16BrClFNO3S/c1-4-17(7-8(2)3)13(18)9-5-12(21(15,19)20)10(14)6-11(9)16/h5-6,8H,4,7H2,1-3H3. The van der Waals surface area contributed by atoms with Gasteiger partial charge < -0.3 is 4.90 Å². The molecule has 0 N–H and O–H groups in total. The first-order valence-electron chi connectivity index (χ1n) is 6.30. The molecule has 0 aromatic heterocycles. The summed E-state index contributed by atoms with van der Waals surface area (Å²) in [5, 5.41) is 0. The van der Waals surface area contributed by atoms with Crippen molar-refractivity contribution in [1.82, 2.24) is 4.90 Å². The van der Waals surface area contributed by atoms with Crippen LogP contribution in [-0.2, 0) is 9.05 Å². The largest absolute Gasteiger partial charge is 0.339 e. The normalized spacial score (nSPS) is 11.8. The first kappa shape index (κ1) is 18.4. The fraction of sp³-hybridized carbons (Fsp3) is 0.462. The Morgan fingerprint density at radius 1 is 1.43 bits per heavy atom. The summed E-state index contributed by atoms with van der Waals surface area (Å²) in [7, 11) is 1.21. The van der Waals surface area contributed by atoms with Crippen LogP contribution >= 0.6 is 26.6 Å². The summed E-state index contributed by atoms with van der Waals surface area (Å²) in [5.41, 5.74) is -0.306. The Morgan fingerprint density at radius 3 is 2.43 bits per heavy atom. The number of rotatable bonds is 5. The molecule has 0 atom stereocenters. The van der Waals surface area contributed by atoms with Gasteiger partial charge in [0.2, 0.25) is 0 Å². The molecule has 0 heterocycles. The van der Waals surface area contributed by atoms with Gasteiger partial charge in [-0.2, -0.15) is 0 Å². The minimum absolute atomic E-state index is 0.0153. The quantitative estimate of drug-likeness (QED) is 0.709. The van der Waals surface area contributed by atoms with E-state index in [1.165, 1.54) is 4.90 Å². The lowest BCUT2D eigenvalue weighted by atomic mass is 10.1. The van der Waals surface area contributed by atoms with Crippen LogP contribution in [0.5, 0.6) is 0 Å². The summed E-state index contributed by atoms with van der Waals surface area (Å²) >= 11 is 2.93. The number of benzene rings is 1. The highest BCUT2D eigenvalue weighted by molar-refractivity contribution is 9.10. The fourth-order valence-corrected chi connectivity index (χ4v) is 4.01. The molecule has 0 unspecified atom stereocenters. The lowest BCUT2D eigenvalue weighted by Gasteiger charge is -2.23. The van der Waals surface area contributed by atoms with E-state index in [0.29, 0.717) is 13.1 Å². The molecular weight excluding hydrogens is 385 g/mol. The zero-order valence-electron chi connectivity index (χ0n) is 11.9. The molecule has 0 aliphatic carbocycles. The number of hydrogen-bond acceptors (Lipinski definition) is 3. The summed E-state index contributed by atoms with van der Waals surface area (Å²) in [6.45, 7) is 6.49. The zero-order valence-corrected chi connectivity index (χ0v) is 15.0. The second-order valence-corrected chi connectivity index (χ2v) is 8.33. The van der Waals surface area contributed by atoms with Gasteiger partial charge in [0.05, 0.1) is 10.5 Å². The van der Waals surface area contributed by atoms with Crippen LogP contribution in [0, 0.1) is 11.7 Å². The van der Waals surface area contributed by atoms with Gasteiger partial charge in [0.25, 0.3) is 15.0 Å². The highest BCUT2D eigenvalue weighted by Gasteiger charge is 2.24. The summed E-state index contributed by atoms with van der Waals surface area (Å²) < 4.78 is 36.9. The molecule has 0 aliphatic heterocycles. The minimum Gasteiger partial charge on any atom is -0.339 e. The number of amides is 1. The Balaban J connectivity index is 3.33. The van der Waals surface area contributed by atoms with E-state index in [9.17, 15) is 17.6 Å². The third-order valence-corrected chi connectivity index (χ3v) is 5.05. The van der Waals surface area contributed by atoms with Gasteiger partial charge in [0.1, 0.15) is 5.82 Å². The third kappa shape index (κ3) is 4.66. The zero-order chi connectivity index (χ0) is 16.4. The maximum absolute atomic E-state index is 14.0. The highest BCUT2D eigenvalue weighted by Crippen LogP contribution is 2.28. The first-order chi connectivity index (χ1) is 9.57. The van der Waals surface area contributed by atoms with Crippen LogP contribution in [0.2, 0.25) is 0 Å². The van der Waals surface area contributed by atoms with Crippen molar-refractivity contribution < 1.29 is 17.6 Å². The Bertz CT molecular complexity index is 649. The van der Waals surface area contributed by atoms with E-state index < -0.39 is 20.8 Å². The number of hydrogen-bond donors (Lipinski definition) is 0. The number of carbonyl (C=O) groups is 1. The molecule has 0 saturated carbocycles. The van der Waals surface area contributed by atoms with Crippen LogP contribution in [0.25, 0.3) is 0 Å². The first-order valence-corrected chi connectivity index (χ1v) is 9.41. The van der Waals surface area contributed by atoms with Crippen LogP contribution in [0.3, 0.4) is 0 Å². The van der Waals surface area contributed by atoms with Crippen molar-refractivity contribution in [2.24, 2.45) is 5.92 Å². The molecule has 0 spiro atoms. The summed E-state index contributed by atoms with van der Waals surface area (Å²) in [4.78, 5) is 13.5. The van der Waals surface area contributed by atoms with Gasteiger partial charge in [0.15, 0.2) is 0 Å². The highest BCUT2D eigenvalue weighted by atomic mass is 79.9.